The van der Waals surface area contributed by atoms with E-state index in [1.54, 1.807) is 12.4 Å². The molecule has 0 bridgehead atoms. The topological polar surface area (TPSA) is 82.2 Å². The molecule has 9 heteroatoms. The predicted octanol–water partition coefficient (Wildman–Crippen LogP) is 1.40. The molecule has 1 aromatic carbocycles. The molecule has 0 N–H and O–H groups in total. The van der Waals surface area contributed by atoms with Crippen molar-refractivity contribution < 1.29 is 13.2 Å². The van der Waals surface area contributed by atoms with Crippen LogP contribution >= 0.6 is 0 Å². The smallest absolute Gasteiger partial charge is 0.211 e. The van der Waals surface area contributed by atoms with E-state index < -0.39 is 10.0 Å². The van der Waals surface area contributed by atoms with Gasteiger partial charge in [-0.25, -0.2) is 18.1 Å². The van der Waals surface area contributed by atoms with E-state index in [1.165, 1.54) is 10.6 Å². The summed E-state index contributed by atoms with van der Waals surface area (Å²) in [7, 11) is -3.22. The molecule has 8 nitrogen and oxygen atoms in total. The minimum Gasteiger partial charge on any atom is -0.374 e. The van der Waals surface area contributed by atoms with Crippen LogP contribution < -0.4 is 0 Å². The van der Waals surface area contributed by atoms with E-state index in [2.05, 4.69) is 10.1 Å². The Labute approximate surface area is 158 Å². The zero-order chi connectivity index (χ0) is 18.9. The SMILES string of the molecule is CS(=O)(=O)N1CCOC(Cn2ccnc2-c2ccnn2-c2ccccc2)C1. The molecular formula is C18H21N5O3S. The molecule has 0 amide bonds. The molecule has 4 rings (SSSR count). The summed E-state index contributed by atoms with van der Waals surface area (Å²) in [6, 6.07) is 11.8. The standard InChI is InChI=1S/C18H21N5O3S/c1-27(24,25)22-11-12-26-16(14-22)13-21-10-9-19-18(21)17-7-8-20-23(17)15-5-3-2-4-6-15/h2-10,16H,11-14H2,1H3. The minimum absolute atomic E-state index is 0.227. The highest BCUT2D eigenvalue weighted by Gasteiger charge is 2.27. The molecular weight excluding hydrogens is 366 g/mol. The summed E-state index contributed by atoms with van der Waals surface area (Å²) in [5, 5.41) is 4.42. The lowest BCUT2D eigenvalue weighted by Gasteiger charge is -2.31. The first-order valence-electron chi connectivity index (χ1n) is 8.70. The number of hydrogen-bond donors (Lipinski definition) is 0. The van der Waals surface area contributed by atoms with Crippen LogP contribution in [0.1, 0.15) is 0 Å². The molecule has 1 fully saturated rings. The second-order valence-corrected chi connectivity index (χ2v) is 8.46. The van der Waals surface area contributed by atoms with E-state index in [1.807, 2.05) is 51.8 Å². The fourth-order valence-corrected chi connectivity index (χ4v) is 4.10. The fraction of sp³-hybridized carbons (Fsp3) is 0.333. The van der Waals surface area contributed by atoms with Gasteiger partial charge >= 0.3 is 0 Å². The van der Waals surface area contributed by atoms with Gasteiger partial charge in [0.15, 0.2) is 5.82 Å². The Morgan fingerprint density at radius 2 is 2.00 bits per heavy atom. The monoisotopic (exact) mass is 387 g/mol. The lowest BCUT2D eigenvalue weighted by molar-refractivity contribution is -0.00980. The second-order valence-electron chi connectivity index (χ2n) is 6.48. The number of nitrogens with zero attached hydrogens (tertiary/aromatic N) is 5. The Hall–Kier alpha value is -2.49. The number of rotatable bonds is 5. The van der Waals surface area contributed by atoms with Crippen LogP contribution in [0.25, 0.3) is 17.2 Å². The summed E-state index contributed by atoms with van der Waals surface area (Å²) in [4.78, 5) is 4.49. The first-order chi connectivity index (χ1) is 13.0. The molecule has 0 spiro atoms. The molecule has 0 aliphatic carbocycles. The molecule has 1 aliphatic rings. The lowest BCUT2D eigenvalue weighted by atomic mass is 10.3. The first kappa shape index (κ1) is 17.9. The molecule has 1 atom stereocenters. The van der Waals surface area contributed by atoms with Gasteiger partial charge in [0.1, 0.15) is 5.69 Å². The lowest BCUT2D eigenvalue weighted by Crippen LogP contribution is -2.46. The summed E-state index contributed by atoms with van der Waals surface area (Å²) in [5.74, 6) is 0.761. The van der Waals surface area contributed by atoms with Gasteiger partial charge in [0.05, 0.1) is 37.4 Å². The number of ether oxygens (including phenoxy) is 1. The van der Waals surface area contributed by atoms with Crippen molar-refractivity contribution in [1.82, 2.24) is 23.6 Å². The highest BCUT2D eigenvalue weighted by atomic mass is 32.2. The van der Waals surface area contributed by atoms with Crippen molar-refractivity contribution in [2.24, 2.45) is 0 Å². The third kappa shape index (κ3) is 3.80. The van der Waals surface area contributed by atoms with Crippen LogP contribution in [0, 0.1) is 0 Å². The Kier molecular flexibility index (Phi) is 4.81. The summed E-state index contributed by atoms with van der Waals surface area (Å²) >= 11 is 0. The van der Waals surface area contributed by atoms with E-state index >= 15 is 0 Å². The summed E-state index contributed by atoms with van der Waals surface area (Å²) < 4.78 is 34.7. The highest BCUT2D eigenvalue weighted by molar-refractivity contribution is 7.88. The highest BCUT2D eigenvalue weighted by Crippen LogP contribution is 2.22. The molecule has 0 radical (unpaired) electrons. The number of sulfonamides is 1. The van der Waals surface area contributed by atoms with Gasteiger partial charge in [-0.15, -0.1) is 0 Å². The van der Waals surface area contributed by atoms with E-state index in [0.717, 1.165) is 17.2 Å². The minimum atomic E-state index is -3.22. The van der Waals surface area contributed by atoms with Crippen LogP contribution in [0.5, 0.6) is 0 Å². The van der Waals surface area contributed by atoms with Crippen LogP contribution in [0.15, 0.2) is 55.0 Å². The van der Waals surface area contributed by atoms with E-state index in [-0.39, 0.29) is 6.10 Å². The van der Waals surface area contributed by atoms with Gasteiger partial charge < -0.3 is 9.30 Å². The molecule has 1 aliphatic heterocycles. The summed E-state index contributed by atoms with van der Waals surface area (Å²) in [6.07, 6.45) is 6.35. The number of benzene rings is 1. The molecule has 0 saturated carbocycles. The number of hydrogen-bond acceptors (Lipinski definition) is 5. The molecule has 3 heterocycles. The third-order valence-corrected chi connectivity index (χ3v) is 5.83. The van der Waals surface area contributed by atoms with E-state index in [4.69, 9.17) is 4.74 Å². The van der Waals surface area contributed by atoms with Gasteiger partial charge in [-0.2, -0.15) is 9.40 Å². The van der Waals surface area contributed by atoms with Crippen molar-refractivity contribution in [2.75, 3.05) is 26.0 Å². The maximum absolute atomic E-state index is 11.8. The van der Waals surface area contributed by atoms with Gasteiger partial charge in [0.25, 0.3) is 0 Å². The number of para-hydroxylation sites is 1. The largest absolute Gasteiger partial charge is 0.374 e. The van der Waals surface area contributed by atoms with Crippen molar-refractivity contribution in [3.05, 3.63) is 55.0 Å². The van der Waals surface area contributed by atoms with Crippen LogP contribution in [-0.4, -0.2) is 64.1 Å². The molecule has 142 valence electrons. The zero-order valence-corrected chi connectivity index (χ0v) is 15.8. The Morgan fingerprint density at radius 3 is 2.78 bits per heavy atom. The normalized spacial score (nSPS) is 18.6. The average molecular weight is 387 g/mol. The Bertz CT molecular complexity index is 1010. The molecule has 1 saturated heterocycles. The maximum Gasteiger partial charge on any atom is 0.211 e. The Balaban J connectivity index is 1.59. The summed E-state index contributed by atoms with van der Waals surface area (Å²) in [6.45, 7) is 1.65. The number of morpholine rings is 1. The molecule has 1 unspecified atom stereocenters. The van der Waals surface area contributed by atoms with Gasteiger partial charge in [-0.05, 0) is 18.2 Å². The van der Waals surface area contributed by atoms with Gasteiger partial charge in [-0.1, -0.05) is 18.2 Å². The maximum atomic E-state index is 11.8. The first-order valence-corrected chi connectivity index (χ1v) is 10.5. The van der Waals surface area contributed by atoms with Crippen molar-refractivity contribution >= 4 is 10.0 Å². The number of aromatic nitrogens is 4. The molecule has 3 aromatic rings. The van der Waals surface area contributed by atoms with Gasteiger partial charge in [0.2, 0.25) is 10.0 Å². The van der Waals surface area contributed by atoms with Gasteiger partial charge in [0, 0.05) is 25.5 Å². The van der Waals surface area contributed by atoms with Crippen molar-refractivity contribution in [1.29, 1.82) is 0 Å². The Morgan fingerprint density at radius 1 is 1.19 bits per heavy atom. The predicted molar refractivity (Wildman–Crippen MR) is 101 cm³/mol. The third-order valence-electron chi connectivity index (χ3n) is 4.56. The van der Waals surface area contributed by atoms with Crippen LogP contribution in [-0.2, 0) is 21.3 Å². The quantitative estimate of drug-likeness (QED) is 0.661. The average Bonchev–Trinajstić information content (AvgIpc) is 3.31. The van der Waals surface area contributed by atoms with Gasteiger partial charge in [-0.3, -0.25) is 0 Å². The summed E-state index contributed by atoms with van der Waals surface area (Å²) in [5.41, 5.74) is 1.81. The van der Waals surface area contributed by atoms with Crippen LogP contribution in [0.3, 0.4) is 0 Å². The van der Waals surface area contributed by atoms with Crippen LogP contribution in [0.4, 0.5) is 0 Å². The van der Waals surface area contributed by atoms with Crippen molar-refractivity contribution in [3.63, 3.8) is 0 Å². The van der Waals surface area contributed by atoms with E-state index in [0.29, 0.717) is 26.2 Å². The van der Waals surface area contributed by atoms with E-state index in [9.17, 15) is 8.42 Å². The fourth-order valence-electron chi connectivity index (χ4n) is 3.26. The van der Waals surface area contributed by atoms with Crippen LogP contribution in [0.2, 0.25) is 0 Å². The zero-order valence-electron chi connectivity index (χ0n) is 15.0. The van der Waals surface area contributed by atoms with Crippen molar-refractivity contribution in [2.45, 2.75) is 12.6 Å². The second kappa shape index (κ2) is 7.26. The molecule has 2 aromatic heterocycles. The number of imidazole rings is 1. The molecule has 27 heavy (non-hydrogen) atoms. The van der Waals surface area contributed by atoms with Crippen molar-refractivity contribution in [3.8, 4) is 17.2 Å².